The summed E-state index contributed by atoms with van der Waals surface area (Å²) < 4.78 is 12.0. The third kappa shape index (κ3) is 3.84. The predicted octanol–water partition coefficient (Wildman–Crippen LogP) is 8.71. The molecule has 0 fully saturated rings. The zero-order valence-corrected chi connectivity index (χ0v) is 33.2. The summed E-state index contributed by atoms with van der Waals surface area (Å²) >= 11 is 1.94. The first kappa shape index (κ1) is 31.6. The molecular formula is C50H38B2N2OS. The largest absolute Gasteiger partial charge is 0.458 e. The first-order valence-corrected chi connectivity index (χ1v) is 20.8. The van der Waals surface area contributed by atoms with E-state index in [4.69, 9.17) is 4.74 Å². The lowest BCUT2D eigenvalue weighted by molar-refractivity contribution is 0.486. The molecule has 2 aromatic heterocycles. The van der Waals surface area contributed by atoms with Gasteiger partial charge in [0.25, 0.3) is 6.71 Å². The van der Waals surface area contributed by atoms with Gasteiger partial charge in [-0.3, -0.25) is 0 Å². The molecule has 0 unspecified atom stereocenters. The highest BCUT2D eigenvalue weighted by Gasteiger charge is 2.43. The number of rotatable bonds is 0. The first-order valence-electron chi connectivity index (χ1n) is 20.0. The number of aromatic nitrogens is 2. The van der Waals surface area contributed by atoms with Gasteiger partial charge in [0, 0.05) is 42.7 Å². The molecule has 6 heteroatoms. The summed E-state index contributed by atoms with van der Waals surface area (Å²) in [5.41, 5.74) is 18.7. The molecule has 3 nitrogen and oxygen atoms in total. The Kier molecular flexibility index (Phi) is 5.77. The van der Waals surface area contributed by atoms with Crippen LogP contribution in [0, 0.1) is 0 Å². The quantitative estimate of drug-likeness (QED) is 0.145. The molecule has 9 aromatic rings. The smallest absolute Gasteiger partial charge is 0.256 e. The van der Waals surface area contributed by atoms with Crippen molar-refractivity contribution < 1.29 is 4.74 Å². The third-order valence-corrected chi connectivity index (χ3v) is 14.5. The molecule has 0 atom stereocenters. The number of benzene rings is 7. The topological polar surface area (TPSA) is 19.1 Å². The van der Waals surface area contributed by atoms with E-state index in [0.717, 1.165) is 11.5 Å². The van der Waals surface area contributed by atoms with E-state index in [1.54, 1.807) is 0 Å². The zero-order chi connectivity index (χ0) is 37.6. The highest BCUT2D eigenvalue weighted by atomic mass is 32.2. The molecule has 0 spiro atoms. The molecule has 6 heterocycles. The van der Waals surface area contributed by atoms with Crippen LogP contribution in [0.1, 0.15) is 52.7 Å². The molecule has 13 rings (SSSR count). The molecule has 0 saturated heterocycles. The van der Waals surface area contributed by atoms with E-state index in [-0.39, 0.29) is 24.3 Å². The van der Waals surface area contributed by atoms with E-state index in [0.29, 0.717) is 0 Å². The van der Waals surface area contributed by atoms with Gasteiger partial charge < -0.3 is 13.9 Å². The fourth-order valence-electron chi connectivity index (χ4n) is 10.7. The summed E-state index contributed by atoms with van der Waals surface area (Å²) in [4.78, 5) is 2.74. The summed E-state index contributed by atoms with van der Waals surface area (Å²) in [6.07, 6.45) is 0. The minimum Gasteiger partial charge on any atom is -0.458 e. The van der Waals surface area contributed by atoms with Crippen LogP contribution in [0.4, 0.5) is 0 Å². The Bertz CT molecular complexity index is 3080. The van der Waals surface area contributed by atoms with E-state index in [9.17, 15) is 0 Å². The fraction of sp³-hybridized carbons (Fsp3) is 0.160. The average Bonchev–Trinajstić information content (AvgIpc) is 3.70. The number of ether oxygens (including phenoxy) is 1. The first-order chi connectivity index (χ1) is 27.0. The van der Waals surface area contributed by atoms with Crippen LogP contribution in [0.5, 0.6) is 11.5 Å². The van der Waals surface area contributed by atoms with Crippen molar-refractivity contribution in [1.29, 1.82) is 0 Å². The van der Waals surface area contributed by atoms with Gasteiger partial charge >= 0.3 is 0 Å². The van der Waals surface area contributed by atoms with Crippen LogP contribution in [0.2, 0.25) is 0 Å². The molecule has 0 N–H and O–H groups in total. The van der Waals surface area contributed by atoms with E-state index in [1.807, 2.05) is 11.8 Å². The van der Waals surface area contributed by atoms with Gasteiger partial charge in [-0.2, -0.15) is 0 Å². The molecule has 56 heavy (non-hydrogen) atoms. The molecule has 4 aliphatic rings. The molecule has 7 aromatic carbocycles. The standard InChI is InChI=1S/C50H38B2N2OS/c1-49(2,3)27-15-19-41-35(23-27)51-33-11-7-9-13-37(33)53-39-26-32-30-18-22-44-46-48(30)54(40(32)25-31(39)29-17-20-42(55-41)45(51)47(29)53)38-14-10-8-12-34(38)52(46)36-24-28(50(4,5)6)16-21-43(36)56-44/h7-26H,1-6H3. The molecule has 0 radical (unpaired) electrons. The van der Waals surface area contributed by atoms with Crippen molar-refractivity contribution in [2.45, 2.75) is 62.2 Å². The lowest BCUT2D eigenvalue weighted by atomic mass is 9.34. The second kappa shape index (κ2) is 10.2. The maximum absolute atomic E-state index is 6.81. The van der Waals surface area contributed by atoms with Gasteiger partial charge in [0.2, 0.25) is 6.71 Å². The summed E-state index contributed by atoms with van der Waals surface area (Å²) in [6.45, 7) is 14.2. The lowest BCUT2D eigenvalue weighted by Crippen LogP contribution is -2.58. The van der Waals surface area contributed by atoms with Crippen molar-refractivity contribution in [1.82, 2.24) is 9.13 Å². The van der Waals surface area contributed by atoms with Crippen molar-refractivity contribution in [3.8, 4) is 22.9 Å². The van der Waals surface area contributed by atoms with Gasteiger partial charge in [-0.1, -0.05) is 125 Å². The predicted molar refractivity (Wildman–Crippen MR) is 239 cm³/mol. The Hall–Kier alpha value is -5.58. The molecule has 0 saturated carbocycles. The van der Waals surface area contributed by atoms with Gasteiger partial charge in [-0.25, -0.2) is 0 Å². The van der Waals surface area contributed by atoms with Crippen molar-refractivity contribution in [3.63, 3.8) is 0 Å². The van der Waals surface area contributed by atoms with E-state index in [1.165, 1.54) is 109 Å². The number of hydrogen-bond acceptors (Lipinski definition) is 2. The molecule has 4 aliphatic heterocycles. The average molecular weight is 737 g/mol. The normalized spacial score (nSPS) is 14.6. The van der Waals surface area contributed by atoms with Crippen LogP contribution >= 0.6 is 11.8 Å². The van der Waals surface area contributed by atoms with Crippen molar-refractivity contribution in [3.05, 3.63) is 132 Å². The van der Waals surface area contributed by atoms with Gasteiger partial charge in [-0.15, -0.1) is 0 Å². The van der Waals surface area contributed by atoms with Crippen LogP contribution < -0.4 is 37.5 Å². The number of fused-ring (bicyclic) bond motifs is 16. The maximum Gasteiger partial charge on any atom is 0.256 e. The summed E-state index contributed by atoms with van der Waals surface area (Å²) in [7, 11) is 0. The monoisotopic (exact) mass is 736 g/mol. The van der Waals surface area contributed by atoms with Crippen LogP contribution in [-0.4, -0.2) is 22.6 Å². The highest BCUT2D eigenvalue weighted by molar-refractivity contribution is 8.00. The second-order valence-electron chi connectivity index (χ2n) is 18.5. The number of nitrogens with zero attached hydrogens (tertiary/aromatic N) is 2. The van der Waals surface area contributed by atoms with Crippen LogP contribution in [0.25, 0.3) is 55.0 Å². The van der Waals surface area contributed by atoms with Gasteiger partial charge in [-0.05, 0) is 104 Å². The minimum atomic E-state index is 0.0328. The molecular weight excluding hydrogens is 698 g/mol. The Morgan fingerprint density at radius 1 is 0.464 bits per heavy atom. The zero-order valence-electron chi connectivity index (χ0n) is 32.4. The minimum absolute atomic E-state index is 0.0328. The fourth-order valence-corrected chi connectivity index (χ4v) is 11.8. The Labute approximate surface area is 331 Å². The summed E-state index contributed by atoms with van der Waals surface area (Å²) in [6, 6.07) is 46.6. The van der Waals surface area contributed by atoms with Crippen LogP contribution in [0.3, 0.4) is 0 Å². The number of hydrogen-bond donors (Lipinski definition) is 0. The summed E-state index contributed by atoms with van der Waals surface area (Å²) in [5, 5.41) is 5.18. The van der Waals surface area contributed by atoms with Gasteiger partial charge in [0.15, 0.2) is 0 Å². The van der Waals surface area contributed by atoms with Crippen molar-refractivity contribution in [2.75, 3.05) is 0 Å². The van der Waals surface area contributed by atoms with Gasteiger partial charge in [0.1, 0.15) is 11.5 Å². The molecule has 266 valence electrons. The Morgan fingerprint density at radius 3 is 1.62 bits per heavy atom. The third-order valence-electron chi connectivity index (χ3n) is 13.3. The van der Waals surface area contributed by atoms with E-state index < -0.39 is 0 Å². The molecule has 0 amide bonds. The van der Waals surface area contributed by atoms with Crippen molar-refractivity contribution >= 4 is 102 Å². The Morgan fingerprint density at radius 2 is 0.982 bits per heavy atom. The van der Waals surface area contributed by atoms with Crippen LogP contribution in [0.15, 0.2) is 131 Å². The summed E-state index contributed by atoms with van der Waals surface area (Å²) in [5.74, 6) is 1.93. The molecule has 0 aliphatic carbocycles. The lowest BCUT2D eigenvalue weighted by Gasteiger charge is -2.34. The van der Waals surface area contributed by atoms with Crippen LogP contribution in [-0.2, 0) is 10.8 Å². The second-order valence-corrected chi connectivity index (χ2v) is 19.6. The van der Waals surface area contributed by atoms with Crippen molar-refractivity contribution in [2.24, 2.45) is 0 Å². The SMILES string of the molecule is CC(C)(C)c1ccc2c(c1)B1c3ccccc3-n3c4cc5c6ccc7c8c6n(c5cc4c4ccc(c1c43)O2)-c1ccccc1B8c1cc(C(C)(C)C)ccc1S7. The molecule has 0 bridgehead atoms. The Balaban J connectivity index is 1.13. The van der Waals surface area contributed by atoms with E-state index >= 15 is 0 Å². The van der Waals surface area contributed by atoms with Gasteiger partial charge in [0.05, 0.1) is 22.1 Å². The highest BCUT2D eigenvalue weighted by Crippen LogP contribution is 2.45. The number of para-hydroxylation sites is 2. The van der Waals surface area contributed by atoms with E-state index in [2.05, 4.69) is 172 Å². The maximum atomic E-state index is 6.81.